The van der Waals surface area contributed by atoms with Crippen LogP contribution in [-0.4, -0.2) is 6.19 Å². The second-order valence-electron chi connectivity index (χ2n) is 5.55. The molecular weight excluding hydrogens is 387 g/mol. The standard InChI is InChI=1S/C9H7.C9H13.C2H6Si.2ClH.Ti/c1-2-5-9-7-3-6-8(9)4-1;1-2-3-6-9-7-4-5-8-9;1-3-2;;;/h1-7H;4-5,7-8H,2-3,6H2,1H3;1-2H3;2*1H;/q2*-1;;;;+2/p-2. The molecule has 0 fully saturated rings. The van der Waals surface area contributed by atoms with Crippen molar-refractivity contribution in [2.75, 3.05) is 0 Å². The van der Waals surface area contributed by atoms with Crippen molar-refractivity contribution in [3.8, 4) is 0 Å². The molecule has 0 spiro atoms. The average molecular weight is 413 g/mol. The molecule has 0 heterocycles. The van der Waals surface area contributed by atoms with Crippen LogP contribution in [0.15, 0.2) is 66.7 Å². The maximum Gasteiger partial charge on any atom is -0.0809 e. The Kier molecular flexibility index (Phi) is 17.5. The third-order valence-electron chi connectivity index (χ3n) is 3.10. The Hall–Kier alpha value is -0.309. The minimum absolute atomic E-state index is 0. The molecule has 0 nitrogen and oxygen atoms in total. The predicted molar refractivity (Wildman–Crippen MR) is 97.7 cm³/mol. The number of rotatable bonds is 3. The zero-order valence-corrected chi connectivity index (χ0v) is 18.8. The van der Waals surface area contributed by atoms with Gasteiger partial charge in [0.05, 0.1) is 0 Å². The topological polar surface area (TPSA) is 0 Å². The van der Waals surface area contributed by atoms with Gasteiger partial charge >= 0.3 is 38.5 Å². The average Bonchev–Trinajstić information content (AvgIpc) is 3.16. The summed E-state index contributed by atoms with van der Waals surface area (Å²) in [7, 11) is 0. The molecule has 0 radical (unpaired) electrons. The summed E-state index contributed by atoms with van der Waals surface area (Å²) in [5.74, 6) is 0. The Morgan fingerprint density at radius 1 is 1.00 bits per heavy atom. The van der Waals surface area contributed by atoms with Gasteiger partial charge in [-0.1, -0.05) is 32.3 Å². The Bertz CT molecular complexity index is 610. The van der Waals surface area contributed by atoms with Crippen molar-refractivity contribution in [3.63, 3.8) is 0 Å². The largest absolute Gasteiger partial charge is 1.00 e. The SMILES string of the molecule is CCCC[c-]1cccc1.C[Si](C)=[Ti+2].[Cl-].[Cl-].c1ccc2[cH-]ccc2c1. The monoisotopic (exact) mass is 412 g/mol. The molecule has 0 aliphatic rings. The van der Waals surface area contributed by atoms with E-state index in [1.54, 1.807) is 0 Å². The first kappa shape index (κ1) is 25.9. The molecule has 0 aliphatic heterocycles. The third-order valence-corrected chi connectivity index (χ3v) is 3.10. The van der Waals surface area contributed by atoms with Gasteiger partial charge in [0.2, 0.25) is 0 Å². The molecule has 4 heteroatoms. The number of aryl methyl sites for hydroxylation is 1. The van der Waals surface area contributed by atoms with Crippen LogP contribution in [0.25, 0.3) is 10.8 Å². The van der Waals surface area contributed by atoms with Crippen LogP contribution in [0.2, 0.25) is 13.1 Å². The van der Waals surface area contributed by atoms with Gasteiger partial charge in [0.25, 0.3) is 0 Å². The van der Waals surface area contributed by atoms with E-state index in [9.17, 15) is 0 Å². The van der Waals surface area contributed by atoms with Crippen molar-refractivity contribution in [3.05, 3.63) is 72.3 Å². The maximum atomic E-state index is 2.27. The van der Waals surface area contributed by atoms with Crippen molar-refractivity contribution in [2.24, 2.45) is 0 Å². The molecule has 24 heavy (non-hydrogen) atoms. The van der Waals surface area contributed by atoms with Gasteiger partial charge in [0.15, 0.2) is 0 Å². The molecule has 3 aromatic rings. The molecule has 3 aromatic carbocycles. The first-order chi connectivity index (χ1) is 10.6. The molecule has 0 aromatic heterocycles. The van der Waals surface area contributed by atoms with Gasteiger partial charge in [-0.15, -0.1) is 29.7 Å². The summed E-state index contributed by atoms with van der Waals surface area (Å²) in [4.78, 5) is 0. The fraction of sp³-hybridized carbons (Fsp3) is 0.300. The maximum absolute atomic E-state index is 2.27. The van der Waals surface area contributed by atoms with Crippen LogP contribution in [0.1, 0.15) is 25.3 Å². The van der Waals surface area contributed by atoms with Gasteiger partial charge in [0, 0.05) is 0 Å². The summed E-state index contributed by atoms with van der Waals surface area (Å²) >= 11 is 2.27. The molecule has 0 saturated heterocycles. The Morgan fingerprint density at radius 2 is 1.58 bits per heavy atom. The van der Waals surface area contributed by atoms with Gasteiger partial charge in [-0.3, -0.25) is 0 Å². The molecule has 0 aliphatic carbocycles. The van der Waals surface area contributed by atoms with E-state index in [1.165, 1.54) is 35.6 Å². The minimum atomic E-state index is 0. The van der Waals surface area contributed by atoms with Gasteiger partial charge in [-0.2, -0.15) is 35.2 Å². The van der Waals surface area contributed by atoms with E-state index in [2.05, 4.69) is 106 Å². The Labute approximate surface area is 171 Å². The molecule has 3 rings (SSSR count). The quantitative estimate of drug-likeness (QED) is 0.422. The van der Waals surface area contributed by atoms with Crippen molar-refractivity contribution in [1.29, 1.82) is 0 Å². The minimum Gasteiger partial charge on any atom is -1.00 e. The molecule has 0 saturated carbocycles. The second-order valence-corrected chi connectivity index (χ2v) is 12.2. The first-order valence-electron chi connectivity index (χ1n) is 7.96. The molecule has 130 valence electrons. The Morgan fingerprint density at radius 3 is 2.12 bits per heavy atom. The van der Waals surface area contributed by atoms with Crippen molar-refractivity contribution >= 4 is 17.0 Å². The van der Waals surface area contributed by atoms with Crippen LogP contribution in [0.5, 0.6) is 0 Å². The summed E-state index contributed by atoms with van der Waals surface area (Å²) in [6.07, 6.45) is 3.99. The molecule has 0 unspecified atom stereocenters. The van der Waals surface area contributed by atoms with E-state index in [0.29, 0.717) is 0 Å². The first-order valence-corrected chi connectivity index (χ1v) is 12.8. The van der Waals surface area contributed by atoms with E-state index < -0.39 is 0 Å². The van der Waals surface area contributed by atoms with E-state index in [0.717, 1.165) is 0 Å². The summed E-state index contributed by atoms with van der Waals surface area (Å²) in [6, 6.07) is 23.3. The van der Waals surface area contributed by atoms with E-state index in [-0.39, 0.29) is 31.0 Å². The summed E-state index contributed by atoms with van der Waals surface area (Å²) in [5, 5.41) is 2.66. The summed E-state index contributed by atoms with van der Waals surface area (Å²) < 4.78 is 0. The zero-order chi connectivity index (χ0) is 16.2. The molecule has 0 bridgehead atoms. The fourth-order valence-electron chi connectivity index (χ4n) is 2.03. The van der Waals surface area contributed by atoms with Gasteiger partial charge in [-0.05, 0) is 0 Å². The van der Waals surface area contributed by atoms with E-state index >= 15 is 0 Å². The van der Waals surface area contributed by atoms with Crippen molar-refractivity contribution in [1.82, 2.24) is 0 Å². The van der Waals surface area contributed by atoms with E-state index in [1.807, 2.05) is 0 Å². The molecule has 0 N–H and O–H groups in total. The zero-order valence-electron chi connectivity index (χ0n) is 14.7. The molecule has 0 amide bonds. The number of unbranched alkanes of at least 4 members (excludes halogenated alkanes) is 1. The fourth-order valence-corrected chi connectivity index (χ4v) is 2.03. The normalized spacial score (nSPS) is 8.71. The van der Waals surface area contributed by atoms with Crippen LogP contribution >= 0.6 is 0 Å². The number of benzene rings is 1. The third kappa shape index (κ3) is 12.1. The molecular formula is C20H26Cl2SiTi-2. The van der Waals surface area contributed by atoms with Crippen LogP contribution in [0.3, 0.4) is 0 Å². The number of hydrogen-bond acceptors (Lipinski definition) is 0. The second kappa shape index (κ2) is 16.2. The number of fused-ring (bicyclic) bond motifs is 1. The smallest absolute Gasteiger partial charge is 0.0809 e. The van der Waals surface area contributed by atoms with E-state index in [4.69, 9.17) is 0 Å². The van der Waals surface area contributed by atoms with Gasteiger partial charge in [-0.25, -0.2) is 12.1 Å². The van der Waals surface area contributed by atoms with Gasteiger partial charge < -0.3 is 24.8 Å². The van der Waals surface area contributed by atoms with Crippen molar-refractivity contribution in [2.45, 2.75) is 39.3 Å². The molecule has 0 atom stereocenters. The number of halogens is 2. The van der Waals surface area contributed by atoms with Crippen LogP contribution < -0.4 is 24.8 Å². The Balaban J connectivity index is 0. The summed E-state index contributed by atoms with van der Waals surface area (Å²) in [5.41, 5.74) is 1.48. The summed E-state index contributed by atoms with van der Waals surface area (Å²) in [6.45, 7) is 6.76. The van der Waals surface area contributed by atoms with Crippen molar-refractivity contribution < 1.29 is 44.0 Å². The van der Waals surface area contributed by atoms with Crippen LogP contribution in [-0.2, 0) is 25.6 Å². The number of hydrogen-bond donors (Lipinski definition) is 0. The van der Waals surface area contributed by atoms with Gasteiger partial charge in [0.1, 0.15) is 0 Å². The predicted octanol–water partition coefficient (Wildman–Crippen LogP) is 0.0991. The van der Waals surface area contributed by atoms with Crippen LogP contribution in [0, 0.1) is 0 Å². The van der Waals surface area contributed by atoms with Crippen LogP contribution in [0.4, 0.5) is 0 Å².